The van der Waals surface area contributed by atoms with E-state index < -0.39 is 0 Å². The normalized spacial score (nSPS) is 10.7. The first-order valence-electron chi connectivity index (χ1n) is 7.63. The van der Waals surface area contributed by atoms with Gasteiger partial charge < -0.3 is 20.0 Å². The van der Waals surface area contributed by atoms with Crippen molar-refractivity contribution in [2.75, 3.05) is 36.1 Å². The molecule has 0 unspecified atom stereocenters. The van der Waals surface area contributed by atoms with E-state index in [4.69, 9.17) is 0 Å². The van der Waals surface area contributed by atoms with Crippen LogP contribution in [0.15, 0.2) is 60.7 Å². The van der Waals surface area contributed by atoms with E-state index in [0.29, 0.717) is 13.1 Å². The number of nitrogens with zero attached hydrogens (tertiary/aromatic N) is 2. The molecule has 4 heteroatoms. The minimum Gasteiger partial charge on any atom is -0.395 e. The van der Waals surface area contributed by atoms with Gasteiger partial charge in [-0.1, -0.05) is 36.4 Å². The van der Waals surface area contributed by atoms with Gasteiger partial charge in [0.25, 0.3) is 0 Å². The maximum Gasteiger partial charge on any atom is 0.0988 e. The Morgan fingerprint density at radius 1 is 0.727 bits per heavy atom. The summed E-state index contributed by atoms with van der Waals surface area (Å²) in [6.45, 7) is 3.34. The van der Waals surface area contributed by atoms with Crippen LogP contribution in [-0.2, 0) is 0 Å². The van der Waals surface area contributed by atoms with Gasteiger partial charge in [0.05, 0.1) is 19.4 Å². The average molecular weight is 300 g/mol. The van der Waals surface area contributed by atoms with Crippen LogP contribution in [0.3, 0.4) is 0 Å². The summed E-state index contributed by atoms with van der Waals surface area (Å²) in [7, 11) is 0. The summed E-state index contributed by atoms with van der Waals surface area (Å²) in [5, 5.41) is 18.8. The average Bonchev–Trinajstić information content (AvgIpc) is 2.58. The molecule has 0 aliphatic carbocycles. The predicted octanol–water partition coefficient (Wildman–Crippen LogP) is 2.33. The predicted molar refractivity (Wildman–Crippen MR) is 91.2 cm³/mol. The van der Waals surface area contributed by atoms with Gasteiger partial charge in [-0.25, -0.2) is 0 Å². The van der Waals surface area contributed by atoms with E-state index in [1.807, 2.05) is 60.7 Å². The van der Waals surface area contributed by atoms with Crippen molar-refractivity contribution in [2.24, 2.45) is 0 Å². The molecule has 0 radical (unpaired) electrons. The Kier molecular flexibility index (Phi) is 6.25. The van der Waals surface area contributed by atoms with Crippen molar-refractivity contribution >= 4 is 11.4 Å². The highest BCUT2D eigenvalue weighted by Gasteiger charge is 2.21. The number of hydrogen-bond acceptors (Lipinski definition) is 4. The highest BCUT2D eigenvalue weighted by Crippen LogP contribution is 2.23. The highest BCUT2D eigenvalue weighted by atomic mass is 16.3. The summed E-state index contributed by atoms with van der Waals surface area (Å²) >= 11 is 0. The fourth-order valence-electron chi connectivity index (χ4n) is 2.69. The second kappa shape index (κ2) is 8.41. The molecule has 118 valence electrons. The maximum absolute atomic E-state index is 9.42. The fraction of sp³-hybridized carbons (Fsp3) is 0.333. The first kappa shape index (κ1) is 16.3. The van der Waals surface area contributed by atoms with Crippen LogP contribution in [0.5, 0.6) is 0 Å². The van der Waals surface area contributed by atoms with E-state index in [0.717, 1.165) is 11.4 Å². The Bertz CT molecular complexity index is 484. The monoisotopic (exact) mass is 300 g/mol. The van der Waals surface area contributed by atoms with Gasteiger partial charge in [0, 0.05) is 24.5 Å². The molecular formula is C18H24N2O2. The Labute approximate surface area is 132 Å². The lowest BCUT2D eigenvalue weighted by Gasteiger charge is -2.40. The smallest absolute Gasteiger partial charge is 0.0988 e. The molecule has 2 aromatic rings. The molecule has 0 saturated carbocycles. The van der Waals surface area contributed by atoms with Crippen molar-refractivity contribution in [1.82, 2.24) is 0 Å². The summed E-state index contributed by atoms with van der Waals surface area (Å²) in [6, 6.07) is 20.1. The van der Waals surface area contributed by atoms with Crippen LogP contribution in [-0.4, -0.2) is 42.7 Å². The zero-order valence-corrected chi connectivity index (χ0v) is 13.0. The van der Waals surface area contributed by atoms with Gasteiger partial charge >= 0.3 is 0 Å². The fourth-order valence-corrected chi connectivity index (χ4v) is 2.69. The van der Waals surface area contributed by atoms with E-state index in [1.54, 1.807) is 0 Å². The molecule has 0 aliphatic rings. The minimum absolute atomic E-state index is 0.0177. The van der Waals surface area contributed by atoms with Gasteiger partial charge in [-0.15, -0.1) is 0 Å². The summed E-state index contributed by atoms with van der Waals surface area (Å²) < 4.78 is 0. The Hall–Kier alpha value is -2.04. The van der Waals surface area contributed by atoms with E-state index >= 15 is 0 Å². The number of aliphatic hydroxyl groups is 2. The molecule has 4 nitrogen and oxygen atoms in total. The van der Waals surface area contributed by atoms with Crippen molar-refractivity contribution in [3.05, 3.63) is 60.7 Å². The largest absolute Gasteiger partial charge is 0.395 e. The van der Waals surface area contributed by atoms with Crippen molar-refractivity contribution in [1.29, 1.82) is 0 Å². The van der Waals surface area contributed by atoms with Crippen LogP contribution in [0.2, 0.25) is 0 Å². The standard InChI is InChI=1S/C18H24N2O2/c1-16(19(12-14-21)17-8-4-2-5-9-17)20(13-15-22)18-10-6-3-7-11-18/h2-11,16,21-22H,12-15H2,1H3. The molecule has 2 N–H and O–H groups in total. The highest BCUT2D eigenvalue weighted by molar-refractivity contribution is 5.53. The molecular weight excluding hydrogens is 276 g/mol. The van der Waals surface area contributed by atoms with Crippen molar-refractivity contribution < 1.29 is 10.2 Å². The summed E-state index contributed by atoms with van der Waals surface area (Å²) in [5.41, 5.74) is 2.12. The number of hydrogen-bond donors (Lipinski definition) is 2. The number of para-hydroxylation sites is 2. The van der Waals surface area contributed by atoms with E-state index in [9.17, 15) is 10.2 Å². The third-order valence-corrected chi connectivity index (χ3v) is 3.76. The summed E-state index contributed by atoms with van der Waals surface area (Å²) in [6.07, 6.45) is 0.0177. The van der Waals surface area contributed by atoms with Gasteiger partial charge in [-0.05, 0) is 31.2 Å². The van der Waals surface area contributed by atoms with Crippen LogP contribution in [0.25, 0.3) is 0 Å². The molecule has 2 aromatic carbocycles. The van der Waals surface area contributed by atoms with Crippen LogP contribution in [0, 0.1) is 0 Å². The molecule has 0 amide bonds. The van der Waals surface area contributed by atoms with Crippen LogP contribution < -0.4 is 9.80 Å². The Morgan fingerprint density at radius 3 is 1.41 bits per heavy atom. The first-order valence-corrected chi connectivity index (χ1v) is 7.63. The first-order chi connectivity index (χ1) is 10.8. The second-order valence-corrected chi connectivity index (χ2v) is 5.14. The Balaban J connectivity index is 2.28. The number of benzene rings is 2. The lowest BCUT2D eigenvalue weighted by atomic mass is 10.2. The van der Waals surface area contributed by atoms with Crippen LogP contribution in [0.1, 0.15) is 6.92 Å². The quantitative estimate of drug-likeness (QED) is 0.735. The Morgan fingerprint density at radius 2 is 1.09 bits per heavy atom. The molecule has 0 aliphatic heterocycles. The molecule has 0 bridgehead atoms. The lowest BCUT2D eigenvalue weighted by molar-refractivity contribution is 0.287. The molecule has 0 aromatic heterocycles. The minimum atomic E-state index is 0.0177. The molecule has 0 heterocycles. The molecule has 22 heavy (non-hydrogen) atoms. The van der Waals surface area contributed by atoms with E-state index in [1.165, 1.54) is 0 Å². The van der Waals surface area contributed by atoms with Crippen molar-refractivity contribution in [3.63, 3.8) is 0 Å². The van der Waals surface area contributed by atoms with Gasteiger partial charge in [-0.2, -0.15) is 0 Å². The zero-order chi connectivity index (χ0) is 15.8. The summed E-state index contributed by atoms with van der Waals surface area (Å²) in [4.78, 5) is 4.28. The van der Waals surface area contributed by atoms with Crippen molar-refractivity contribution in [3.8, 4) is 0 Å². The topological polar surface area (TPSA) is 46.9 Å². The zero-order valence-electron chi connectivity index (χ0n) is 13.0. The van der Waals surface area contributed by atoms with E-state index in [2.05, 4.69) is 16.7 Å². The van der Waals surface area contributed by atoms with Crippen LogP contribution >= 0.6 is 0 Å². The van der Waals surface area contributed by atoms with E-state index in [-0.39, 0.29) is 19.4 Å². The number of rotatable bonds is 8. The molecule has 0 saturated heterocycles. The van der Waals surface area contributed by atoms with Gasteiger partial charge in [0.15, 0.2) is 0 Å². The number of anilines is 2. The third-order valence-electron chi connectivity index (χ3n) is 3.76. The van der Waals surface area contributed by atoms with Crippen molar-refractivity contribution in [2.45, 2.75) is 13.1 Å². The third kappa shape index (κ3) is 4.00. The number of aliphatic hydroxyl groups excluding tert-OH is 2. The van der Waals surface area contributed by atoms with Gasteiger partial charge in [0.2, 0.25) is 0 Å². The van der Waals surface area contributed by atoms with Crippen LogP contribution in [0.4, 0.5) is 11.4 Å². The van der Waals surface area contributed by atoms with Gasteiger partial charge in [-0.3, -0.25) is 0 Å². The SMILES string of the molecule is CC(N(CCO)c1ccccc1)N(CCO)c1ccccc1. The second-order valence-electron chi connectivity index (χ2n) is 5.14. The molecule has 2 rings (SSSR count). The molecule has 0 atom stereocenters. The molecule has 0 spiro atoms. The summed E-state index contributed by atoms with van der Waals surface area (Å²) in [5.74, 6) is 0. The van der Waals surface area contributed by atoms with Gasteiger partial charge in [0.1, 0.15) is 0 Å². The lowest BCUT2D eigenvalue weighted by Crippen LogP contribution is -2.49. The maximum atomic E-state index is 9.42. The molecule has 0 fully saturated rings.